The molecule has 0 N–H and O–H groups in total. The molecule has 0 spiro atoms. The molecule has 2 aliphatic heterocycles. The van der Waals surface area contributed by atoms with Gasteiger partial charge in [0.15, 0.2) is 5.75 Å². The number of ether oxygens (including phenoxy) is 2. The van der Waals surface area contributed by atoms with Crippen LogP contribution in [0, 0.1) is 6.92 Å². The molecule has 1 unspecified atom stereocenters. The van der Waals surface area contributed by atoms with Crippen LogP contribution < -0.4 is 9.47 Å². The first kappa shape index (κ1) is 14.2. The van der Waals surface area contributed by atoms with Crippen LogP contribution in [0.25, 0.3) is 0 Å². The number of aromatic nitrogens is 2. The Hall–Kier alpha value is -1.40. The first-order valence-electron chi connectivity index (χ1n) is 7.28. The van der Waals surface area contributed by atoms with Gasteiger partial charge in [0.2, 0.25) is 0 Å². The predicted octanol–water partition coefficient (Wildman–Crippen LogP) is 3.71. The molecule has 0 fully saturated rings. The first-order chi connectivity index (χ1) is 10.8. The molecule has 0 aliphatic carbocycles. The van der Waals surface area contributed by atoms with Crippen LogP contribution in [0.2, 0.25) is 0 Å². The third-order valence-electron chi connectivity index (χ3n) is 3.71. The Kier molecular flexibility index (Phi) is 3.88. The Labute approximate surface area is 138 Å². The highest BCUT2D eigenvalue weighted by Crippen LogP contribution is 2.39. The Bertz CT molecular complexity index is 709. The molecule has 2 aliphatic rings. The van der Waals surface area contributed by atoms with Gasteiger partial charge in [-0.2, -0.15) is 0 Å². The average Bonchev–Trinajstić information content (AvgIpc) is 2.88. The molecule has 2 aromatic heterocycles. The average molecular weight is 332 g/mol. The quantitative estimate of drug-likeness (QED) is 0.835. The minimum Gasteiger partial charge on any atom is -0.491 e. The van der Waals surface area contributed by atoms with Crippen molar-refractivity contribution < 1.29 is 9.47 Å². The monoisotopic (exact) mass is 332 g/mol. The van der Waals surface area contributed by atoms with Crippen LogP contribution in [-0.2, 0) is 6.42 Å². The van der Waals surface area contributed by atoms with Crippen LogP contribution in [0.4, 0.5) is 0 Å². The number of hydrogen-bond donors (Lipinski definition) is 0. The normalized spacial score (nSPS) is 19.6. The summed E-state index contributed by atoms with van der Waals surface area (Å²) in [6.45, 7) is 2.74. The Balaban J connectivity index is 1.53. The molecule has 0 aromatic carbocycles. The Morgan fingerprint density at radius 1 is 1.14 bits per heavy atom. The maximum absolute atomic E-state index is 5.81. The van der Waals surface area contributed by atoms with Crippen molar-refractivity contribution in [2.24, 2.45) is 0 Å². The van der Waals surface area contributed by atoms with E-state index >= 15 is 0 Å². The van der Waals surface area contributed by atoms with Crippen LogP contribution in [0.15, 0.2) is 34.3 Å². The second-order valence-electron chi connectivity index (χ2n) is 5.38. The van der Waals surface area contributed by atoms with E-state index in [4.69, 9.17) is 9.47 Å². The number of fused-ring (bicyclic) bond motifs is 2. The summed E-state index contributed by atoms with van der Waals surface area (Å²) in [4.78, 5) is 11.2. The molecule has 22 heavy (non-hydrogen) atoms. The standard InChI is InChI=1S/C16H16N2O2S2/c1-10-4-15-14(7-17-10)19-3-2-12(22-15)5-11-6-13-16(8-18-11)21-9-20-13/h4,6-8,12H,2-3,5,9H2,1H3. The number of rotatable bonds is 2. The van der Waals surface area contributed by atoms with Crippen LogP contribution in [0.1, 0.15) is 17.8 Å². The minimum atomic E-state index is 0.461. The maximum atomic E-state index is 5.81. The summed E-state index contributed by atoms with van der Waals surface area (Å²) in [7, 11) is 0. The molecular weight excluding hydrogens is 316 g/mol. The molecule has 0 saturated carbocycles. The van der Waals surface area contributed by atoms with Crippen LogP contribution >= 0.6 is 23.5 Å². The third kappa shape index (κ3) is 2.90. The molecule has 1 atom stereocenters. The summed E-state index contributed by atoms with van der Waals surface area (Å²) in [5, 5.41) is 0.461. The summed E-state index contributed by atoms with van der Waals surface area (Å²) in [6.07, 6.45) is 5.70. The number of hydrogen-bond acceptors (Lipinski definition) is 6. The van der Waals surface area contributed by atoms with Crippen molar-refractivity contribution in [3.8, 4) is 11.5 Å². The summed E-state index contributed by atoms with van der Waals surface area (Å²) in [5.74, 6) is 2.58. The summed E-state index contributed by atoms with van der Waals surface area (Å²) >= 11 is 3.57. The fourth-order valence-electron chi connectivity index (χ4n) is 2.59. The van der Waals surface area contributed by atoms with E-state index in [0.717, 1.165) is 47.2 Å². The molecule has 0 saturated heterocycles. The van der Waals surface area contributed by atoms with Crippen molar-refractivity contribution >= 4 is 23.5 Å². The SMILES string of the molecule is Cc1cc2c(cn1)OCCC(Cc1cc3c(cn1)SCO3)S2. The molecular formula is C16H16N2O2S2. The molecule has 4 rings (SSSR count). The van der Waals surface area contributed by atoms with E-state index in [-0.39, 0.29) is 0 Å². The van der Waals surface area contributed by atoms with E-state index in [1.165, 1.54) is 4.90 Å². The van der Waals surface area contributed by atoms with Gasteiger partial charge in [0.25, 0.3) is 0 Å². The van der Waals surface area contributed by atoms with E-state index in [0.29, 0.717) is 11.2 Å². The lowest BCUT2D eigenvalue weighted by molar-refractivity contribution is 0.305. The fourth-order valence-corrected chi connectivity index (χ4v) is 4.59. The van der Waals surface area contributed by atoms with Crippen LogP contribution in [0.3, 0.4) is 0 Å². The highest BCUT2D eigenvalue weighted by Gasteiger charge is 2.21. The molecule has 2 aromatic rings. The second kappa shape index (κ2) is 6.01. The lowest BCUT2D eigenvalue weighted by atomic mass is 10.1. The highest BCUT2D eigenvalue weighted by atomic mass is 32.2. The fraction of sp³-hybridized carbons (Fsp3) is 0.375. The van der Waals surface area contributed by atoms with Gasteiger partial charge >= 0.3 is 0 Å². The topological polar surface area (TPSA) is 44.2 Å². The second-order valence-corrected chi connectivity index (χ2v) is 7.69. The molecule has 0 amide bonds. The third-order valence-corrected chi connectivity index (χ3v) is 5.88. The predicted molar refractivity (Wildman–Crippen MR) is 88.0 cm³/mol. The van der Waals surface area contributed by atoms with Crippen molar-refractivity contribution in [1.82, 2.24) is 9.97 Å². The van der Waals surface area contributed by atoms with E-state index < -0.39 is 0 Å². The van der Waals surface area contributed by atoms with Gasteiger partial charge in [-0.3, -0.25) is 9.97 Å². The lowest BCUT2D eigenvalue weighted by Gasteiger charge is -2.13. The smallest absolute Gasteiger partial charge is 0.151 e. The van der Waals surface area contributed by atoms with Gasteiger partial charge in [-0.25, -0.2) is 0 Å². The molecule has 0 bridgehead atoms. The highest BCUT2D eigenvalue weighted by molar-refractivity contribution is 8.00. The number of thioether (sulfide) groups is 2. The number of nitrogens with zero attached hydrogens (tertiary/aromatic N) is 2. The summed E-state index contributed by atoms with van der Waals surface area (Å²) < 4.78 is 11.4. The van der Waals surface area contributed by atoms with Gasteiger partial charge in [-0.05, 0) is 19.4 Å². The van der Waals surface area contributed by atoms with Crippen molar-refractivity contribution in [3.05, 3.63) is 35.9 Å². The zero-order valence-corrected chi connectivity index (χ0v) is 13.9. The molecule has 0 radical (unpaired) electrons. The van der Waals surface area contributed by atoms with Crippen LogP contribution in [0.5, 0.6) is 11.5 Å². The molecule has 6 heteroatoms. The molecule has 4 heterocycles. The van der Waals surface area contributed by atoms with E-state index in [2.05, 4.69) is 22.1 Å². The van der Waals surface area contributed by atoms with Crippen LogP contribution in [-0.4, -0.2) is 27.8 Å². The van der Waals surface area contributed by atoms with Crippen molar-refractivity contribution in [3.63, 3.8) is 0 Å². The van der Waals surface area contributed by atoms with E-state index in [9.17, 15) is 0 Å². The van der Waals surface area contributed by atoms with Crippen molar-refractivity contribution in [2.75, 3.05) is 12.5 Å². The van der Waals surface area contributed by atoms with Gasteiger partial charge in [0, 0.05) is 35.3 Å². The number of pyridine rings is 2. The van der Waals surface area contributed by atoms with E-state index in [1.807, 2.05) is 31.1 Å². The van der Waals surface area contributed by atoms with Crippen molar-refractivity contribution in [1.29, 1.82) is 0 Å². The zero-order valence-electron chi connectivity index (χ0n) is 12.2. The maximum Gasteiger partial charge on any atom is 0.151 e. The van der Waals surface area contributed by atoms with Crippen molar-refractivity contribution in [2.45, 2.75) is 34.8 Å². The minimum absolute atomic E-state index is 0.461. The molecule has 114 valence electrons. The van der Waals surface area contributed by atoms with Gasteiger partial charge in [0.05, 0.1) is 22.6 Å². The van der Waals surface area contributed by atoms with Gasteiger partial charge < -0.3 is 9.47 Å². The first-order valence-corrected chi connectivity index (χ1v) is 9.15. The lowest BCUT2D eigenvalue weighted by Crippen LogP contribution is -2.10. The van der Waals surface area contributed by atoms with Gasteiger partial charge in [0.1, 0.15) is 11.7 Å². The van der Waals surface area contributed by atoms with Gasteiger partial charge in [-0.15, -0.1) is 11.8 Å². The molecule has 4 nitrogen and oxygen atoms in total. The summed E-state index contributed by atoms with van der Waals surface area (Å²) in [5.41, 5.74) is 2.12. The van der Waals surface area contributed by atoms with Gasteiger partial charge in [-0.1, -0.05) is 11.8 Å². The Morgan fingerprint density at radius 2 is 2.09 bits per heavy atom. The largest absolute Gasteiger partial charge is 0.491 e. The Morgan fingerprint density at radius 3 is 3.05 bits per heavy atom. The van der Waals surface area contributed by atoms with E-state index in [1.54, 1.807) is 11.8 Å². The zero-order chi connectivity index (χ0) is 14.9. The summed E-state index contributed by atoms with van der Waals surface area (Å²) in [6, 6.07) is 4.19. The number of aryl methyl sites for hydroxylation is 1.